The molecule has 0 unspecified atom stereocenters. The SMILES string of the molecule is CC1=C(C)C[C@@H](C(=O)NCc2c(F)cccc2Cl)[C@H](C(=O)[O-])C1. The Bertz CT molecular complexity index is 652. The van der Waals surface area contributed by atoms with Crippen LogP contribution >= 0.6 is 11.6 Å². The van der Waals surface area contributed by atoms with Gasteiger partial charge in [-0.2, -0.15) is 0 Å². The van der Waals surface area contributed by atoms with Crippen LogP contribution < -0.4 is 10.4 Å². The molecule has 0 aromatic heterocycles. The summed E-state index contributed by atoms with van der Waals surface area (Å²) in [6.07, 6.45) is 0.661. The van der Waals surface area contributed by atoms with Crippen molar-refractivity contribution in [1.29, 1.82) is 0 Å². The van der Waals surface area contributed by atoms with E-state index in [4.69, 9.17) is 11.6 Å². The van der Waals surface area contributed by atoms with Crippen LogP contribution in [0.5, 0.6) is 0 Å². The Hall–Kier alpha value is -1.88. The molecular formula is C17H18ClFNO3-. The number of benzene rings is 1. The first-order chi connectivity index (χ1) is 10.8. The molecule has 0 saturated carbocycles. The highest BCUT2D eigenvalue weighted by molar-refractivity contribution is 6.31. The highest BCUT2D eigenvalue weighted by Gasteiger charge is 2.33. The minimum Gasteiger partial charge on any atom is -0.550 e. The van der Waals surface area contributed by atoms with Crippen molar-refractivity contribution in [2.75, 3.05) is 0 Å². The van der Waals surface area contributed by atoms with E-state index in [9.17, 15) is 19.1 Å². The lowest BCUT2D eigenvalue weighted by atomic mass is 9.76. The van der Waals surface area contributed by atoms with Crippen molar-refractivity contribution in [1.82, 2.24) is 5.32 Å². The van der Waals surface area contributed by atoms with Crippen LogP contribution in [0, 0.1) is 17.7 Å². The van der Waals surface area contributed by atoms with Crippen LogP contribution in [0.1, 0.15) is 32.3 Å². The molecular weight excluding hydrogens is 321 g/mol. The summed E-state index contributed by atoms with van der Waals surface area (Å²) in [5.41, 5.74) is 2.17. The summed E-state index contributed by atoms with van der Waals surface area (Å²) in [6.45, 7) is 3.66. The minimum absolute atomic E-state index is 0.0810. The first kappa shape index (κ1) is 17.5. The standard InChI is InChI=1S/C17H19ClFNO3/c1-9-6-11(12(17(22)23)7-10(9)2)16(21)20-8-13-14(18)4-3-5-15(13)19/h3-5,11-12H,6-8H2,1-2H3,(H,20,21)(H,22,23)/p-1/t11-,12-/m1/s1. The Balaban J connectivity index is 2.12. The Morgan fingerprint density at radius 2 is 1.87 bits per heavy atom. The lowest BCUT2D eigenvalue weighted by Crippen LogP contribution is -2.44. The van der Waals surface area contributed by atoms with Crippen molar-refractivity contribution in [2.45, 2.75) is 33.2 Å². The van der Waals surface area contributed by atoms with Crippen LogP contribution in [0.4, 0.5) is 4.39 Å². The maximum Gasteiger partial charge on any atom is 0.224 e. The van der Waals surface area contributed by atoms with Gasteiger partial charge in [-0.25, -0.2) is 4.39 Å². The van der Waals surface area contributed by atoms with E-state index in [1.165, 1.54) is 18.2 Å². The Morgan fingerprint density at radius 1 is 1.26 bits per heavy atom. The highest BCUT2D eigenvalue weighted by atomic mass is 35.5. The molecule has 1 aliphatic rings. The third-order valence-corrected chi connectivity index (χ3v) is 4.76. The summed E-state index contributed by atoms with van der Waals surface area (Å²) in [7, 11) is 0. The van der Waals surface area contributed by atoms with E-state index < -0.39 is 29.5 Å². The summed E-state index contributed by atoms with van der Waals surface area (Å²) in [5, 5.41) is 14.1. The average molecular weight is 339 g/mol. The monoisotopic (exact) mass is 338 g/mol. The van der Waals surface area contributed by atoms with E-state index in [0.29, 0.717) is 12.8 Å². The van der Waals surface area contributed by atoms with Gasteiger partial charge in [0, 0.05) is 34.9 Å². The van der Waals surface area contributed by atoms with Crippen molar-refractivity contribution < 1.29 is 19.1 Å². The maximum absolute atomic E-state index is 13.7. The third kappa shape index (κ3) is 3.91. The second kappa shape index (κ2) is 7.13. The molecule has 6 heteroatoms. The second-order valence-corrected chi connectivity index (χ2v) is 6.33. The number of hydrogen-bond acceptors (Lipinski definition) is 3. The van der Waals surface area contributed by atoms with Crippen LogP contribution in [0.15, 0.2) is 29.3 Å². The van der Waals surface area contributed by atoms with Crippen molar-refractivity contribution in [2.24, 2.45) is 11.8 Å². The highest BCUT2D eigenvalue weighted by Crippen LogP contribution is 2.34. The average Bonchev–Trinajstić information content (AvgIpc) is 2.48. The van der Waals surface area contributed by atoms with Crippen molar-refractivity contribution in [3.8, 4) is 0 Å². The van der Waals surface area contributed by atoms with Gasteiger partial charge in [-0.1, -0.05) is 28.8 Å². The van der Waals surface area contributed by atoms with Gasteiger partial charge in [0.2, 0.25) is 5.91 Å². The second-order valence-electron chi connectivity index (χ2n) is 5.92. The Morgan fingerprint density at radius 3 is 2.43 bits per heavy atom. The summed E-state index contributed by atoms with van der Waals surface area (Å²) in [5.74, 6) is -3.75. The molecule has 0 fully saturated rings. The van der Waals surface area contributed by atoms with Gasteiger partial charge in [-0.15, -0.1) is 0 Å². The summed E-state index contributed by atoms with van der Waals surface area (Å²) < 4.78 is 13.7. The normalized spacial score (nSPS) is 21.2. The lowest BCUT2D eigenvalue weighted by Gasteiger charge is -2.32. The molecule has 124 valence electrons. The molecule has 0 aliphatic heterocycles. The molecule has 0 saturated heterocycles. The summed E-state index contributed by atoms with van der Waals surface area (Å²) in [4.78, 5) is 23.7. The molecule has 1 aromatic carbocycles. The number of carbonyl (C=O) groups is 2. The fourth-order valence-corrected chi connectivity index (χ4v) is 3.05. The fraction of sp³-hybridized carbons (Fsp3) is 0.412. The number of carboxylic acid groups (broad SMARTS) is 1. The molecule has 1 aliphatic carbocycles. The van der Waals surface area contributed by atoms with E-state index in [0.717, 1.165) is 11.1 Å². The van der Waals surface area contributed by atoms with Crippen LogP contribution in [0.3, 0.4) is 0 Å². The molecule has 4 nitrogen and oxygen atoms in total. The molecule has 0 radical (unpaired) electrons. The number of rotatable bonds is 4. The molecule has 2 atom stereocenters. The molecule has 1 amide bonds. The van der Waals surface area contributed by atoms with E-state index in [2.05, 4.69) is 5.32 Å². The van der Waals surface area contributed by atoms with Gasteiger partial charge in [0.05, 0.1) is 0 Å². The molecule has 1 aromatic rings. The van der Waals surface area contributed by atoms with Gasteiger partial charge in [-0.3, -0.25) is 4.79 Å². The zero-order valence-corrected chi connectivity index (χ0v) is 13.7. The number of nitrogens with one attached hydrogen (secondary N) is 1. The lowest BCUT2D eigenvalue weighted by molar-refractivity contribution is -0.313. The summed E-state index contributed by atoms with van der Waals surface area (Å²) in [6, 6.07) is 4.27. The maximum atomic E-state index is 13.7. The van der Waals surface area contributed by atoms with Gasteiger partial charge in [-0.05, 0) is 38.8 Å². The molecule has 2 rings (SSSR count). The van der Waals surface area contributed by atoms with Crippen molar-refractivity contribution in [3.05, 3.63) is 45.7 Å². The number of hydrogen-bond donors (Lipinski definition) is 1. The van der Waals surface area contributed by atoms with Gasteiger partial charge < -0.3 is 15.2 Å². The first-order valence-corrected chi connectivity index (χ1v) is 7.75. The van der Waals surface area contributed by atoms with Crippen molar-refractivity contribution in [3.63, 3.8) is 0 Å². The van der Waals surface area contributed by atoms with E-state index in [-0.39, 0.29) is 17.1 Å². The largest absolute Gasteiger partial charge is 0.550 e. The Labute approximate surface area is 139 Å². The van der Waals surface area contributed by atoms with Gasteiger partial charge in [0.1, 0.15) is 5.82 Å². The minimum atomic E-state index is -1.24. The van der Waals surface area contributed by atoms with Crippen LogP contribution in [0.2, 0.25) is 5.02 Å². The molecule has 1 N–H and O–H groups in total. The quantitative estimate of drug-likeness (QED) is 0.856. The fourth-order valence-electron chi connectivity index (χ4n) is 2.82. The molecule has 0 heterocycles. The number of halogens is 2. The van der Waals surface area contributed by atoms with E-state index in [1.807, 2.05) is 13.8 Å². The first-order valence-electron chi connectivity index (χ1n) is 7.38. The molecule has 23 heavy (non-hydrogen) atoms. The van der Waals surface area contributed by atoms with E-state index in [1.54, 1.807) is 0 Å². The predicted octanol–water partition coefficient (Wildman–Crippen LogP) is 2.21. The summed E-state index contributed by atoms with van der Waals surface area (Å²) >= 11 is 5.92. The van der Waals surface area contributed by atoms with Crippen LogP contribution in [0.25, 0.3) is 0 Å². The van der Waals surface area contributed by atoms with Crippen LogP contribution in [-0.4, -0.2) is 11.9 Å². The Kier molecular flexibility index (Phi) is 5.42. The van der Waals surface area contributed by atoms with E-state index >= 15 is 0 Å². The predicted molar refractivity (Wildman–Crippen MR) is 82.9 cm³/mol. The van der Waals surface area contributed by atoms with Crippen LogP contribution in [-0.2, 0) is 16.1 Å². The smallest absolute Gasteiger partial charge is 0.224 e. The molecule has 0 spiro atoms. The molecule has 0 bridgehead atoms. The zero-order chi connectivity index (χ0) is 17.1. The number of amides is 1. The number of allylic oxidation sites excluding steroid dienone is 2. The van der Waals surface area contributed by atoms with Gasteiger partial charge >= 0.3 is 0 Å². The number of carboxylic acids is 1. The van der Waals surface area contributed by atoms with Gasteiger partial charge in [0.15, 0.2) is 0 Å². The van der Waals surface area contributed by atoms with Crippen molar-refractivity contribution >= 4 is 23.5 Å². The topological polar surface area (TPSA) is 69.2 Å². The van der Waals surface area contributed by atoms with Gasteiger partial charge in [0.25, 0.3) is 0 Å². The third-order valence-electron chi connectivity index (χ3n) is 4.41. The number of aliphatic carboxylic acids is 1. The number of carbonyl (C=O) groups excluding carboxylic acids is 2. The zero-order valence-electron chi connectivity index (χ0n) is 13.0.